The summed E-state index contributed by atoms with van der Waals surface area (Å²) in [7, 11) is -8.92. The van der Waals surface area contributed by atoms with Crippen molar-refractivity contribution in [3.8, 4) is 11.1 Å². The van der Waals surface area contributed by atoms with Gasteiger partial charge in [-0.05, 0) is 23.8 Å². The molecule has 0 unspecified atom stereocenters. The number of primary sulfonamides is 1. The largest absolute Gasteiger partial charge is 0.391 e. The number of benzene rings is 1. The maximum Gasteiger partial charge on any atom is 0.240 e. The van der Waals surface area contributed by atoms with Crippen molar-refractivity contribution in [1.29, 1.82) is 0 Å². The van der Waals surface area contributed by atoms with Gasteiger partial charge in [-0.2, -0.15) is 5.11 Å². The van der Waals surface area contributed by atoms with Crippen molar-refractivity contribution in [2.45, 2.75) is 15.9 Å². The van der Waals surface area contributed by atoms with Gasteiger partial charge in [0, 0.05) is 18.3 Å². The average molecular weight is 454 g/mol. The van der Waals surface area contributed by atoms with E-state index in [1.54, 1.807) is 12.1 Å². The van der Waals surface area contributed by atoms with Gasteiger partial charge in [0.2, 0.25) is 10.0 Å². The molecule has 3 rings (SSSR count). The second-order valence-corrected chi connectivity index (χ2v) is 9.83. The summed E-state index contributed by atoms with van der Waals surface area (Å²) in [4.78, 5) is 6.69. The minimum atomic E-state index is -4.61. The molecule has 1 aromatic carbocycles. The summed E-state index contributed by atoms with van der Waals surface area (Å²) in [6, 6.07) is 5.59. The minimum Gasteiger partial charge on any atom is -0.391 e. The monoisotopic (exact) mass is 453 g/mol. The van der Waals surface area contributed by atoms with E-state index in [0.29, 0.717) is 5.56 Å². The maximum atomic E-state index is 12.9. The lowest BCUT2D eigenvalue weighted by atomic mass is 9.99. The number of azo groups is 1. The lowest BCUT2D eigenvalue weighted by Gasteiger charge is -2.18. The van der Waals surface area contributed by atoms with Gasteiger partial charge in [0.05, 0.1) is 22.3 Å². The number of sulfonamides is 1. The first-order valence-electron chi connectivity index (χ1n) is 8.50. The summed E-state index contributed by atoms with van der Waals surface area (Å²) in [5.41, 5.74) is 11.6. The van der Waals surface area contributed by atoms with Gasteiger partial charge in [-0.3, -0.25) is 0 Å². The third-order valence-corrected chi connectivity index (χ3v) is 7.18. The summed E-state index contributed by atoms with van der Waals surface area (Å²) in [6.07, 6.45) is 0.0442. The zero-order chi connectivity index (χ0) is 22.1. The van der Waals surface area contributed by atoms with Crippen molar-refractivity contribution in [3.63, 3.8) is 0 Å². The molecule has 1 aliphatic heterocycles. The first kappa shape index (κ1) is 21.9. The van der Waals surface area contributed by atoms with Crippen molar-refractivity contribution in [1.82, 2.24) is 4.98 Å². The number of nitrogen functional groups attached to an aromatic ring is 1. The van der Waals surface area contributed by atoms with Gasteiger partial charge in [-0.1, -0.05) is 6.07 Å². The van der Waals surface area contributed by atoms with Crippen molar-refractivity contribution < 1.29 is 21.9 Å². The second-order valence-electron chi connectivity index (χ2n) is 6.33. The number of hydrogen-bond donors (Lipinski definition) is 4. The Balaban J connectivity index is 2.43. The summed E-state index contributed by atoms with van der Waals surface area (Å²) in [6.45, 7) is -0.397. The molecular formula is C16H19N7O5S2. The molecular weight excluding hydrogens is 434 g/mol. The Hall–Kier alpha value is -2.78. The van der Waals surface area contributed by atoms with E-state index in [0.717, 1.165) is 6.07 Å². The molecule has 2 aromatic rings. The van der Waals surface area contributed by atoms with Crippen LogP contribution in [-0.4, -0.2) is 57.8 Å². The fourth-order valence-electron chi connectivity index (χ4n) is 2.95. The highest BCUT2D eigenvalue weighted by molar-refractivity contribution is 7.93. The molecule has 2 heterocycles. The second kappa shape index (κ2) is 8.16. The molecule has 0 fully saturated rings. The number of aromatic nitrogens is 1. The standard InChI is InChI=1S/C16H19N7O5S2/c17-6-9(24)7-29(25,26)12-4-3-10(11-2-1-5-20-15(11)18)13(14(12)30(19,27)28)16-21-8-22-23-16/h1-5,9,24H,6-8,17H2,(H2,18,20)(H2,19,27,28)/t9-/m1/s1. The van der Waals surface area contributed by atoms with Crippen LogP contribution < -0.4 is 16.6 Å². The van der Waals surface area contributed by atoms with Gasteiger partial charge in [-0.25, -0.2) is 32.0 Å². The highest BCUT2D eigenvalue weighted by Gasteiger charge is 2.33. The fourth-order valence-corrected chi connectivity index (χ4v) is 6.00. The highest BCUT2D eigenvalue weighted by atomic mass is 32.2. The topological polar surface area (TPSA) is 217 Å². The molecule has 0 amide bonds. The molecule has 1 aromatic heterocycles. The molecule has 12 nitrogen and oxygen atoms in total. The minimum absolute atomic E-state index is 0.0653. The Labute approximate surface area is 172 Å². The number of rotatable bonds is 7. The number of nitrogens with zero attached hydrogens (tertiary/aromatic N) is 4. The van der Waals surface area contributed by atoms with E-state index in [-0.39, 0.29) is 36.0 Å². The Morgan fingerprint density at radius 3 is 2.43 bits per heavy atom. The van der Waals surface area contributed by atoms with Gasteiger partial charge >= 0.3 is 0 Å². The van der Waals surface area contributed by atoms with Crippen LogP contribution in [0, 0.1) is 0 Å². The lowest BCUT2D eigenvalue weighted by Crippen LogP contribution is -2.30. The van der Waals surface area contributed by atoms with Crippen LogP contribution in [0.15, 0.2) is 55.5 Å². The Bertz CT molecular complexity index is 1260. The molecule has 30 heavy (non-hydrogen) atoms. The van der Waals surface area contributed by atoms with E-state index in [1.807, 2.05) is 0 Å². The molecule has 0 spiro atoms. The number of aliphatic hydroxyl groups is 1. The van der Waals surface area contributed by atoms with Crippen LogP contribution in [0.5, 0.6) is 0 Å². The number of hydrogen-bond acceptors (Lipinski definition) is 11. The molecule has 0 saturated carbocycles. The lowest BCUT2D eigenvalue weighted by molar-refractivity contribution is 0.205. The number of aliphatic hydroxyl groups excluding tert-OH is 1. The summed E-state index contributed by atoms with van der Waals surface area (Å²) < 4.78 is 50.9. The molecule has 0 aliphatic carbocycles. The van der Waals surface area contributed by atoms with Gasteiger partial charge in [0.25, 0.3) is 0 Å². The van der Waals surface area contributed by atoms with Gasteiger partial charge in [-0.15, -0.1) is 5.11 Å². The third-order valence-electron chi connectivity index (χ3n) is 4.23. The maximum absolute atomic E-state index is 12.9. The van der Waals surface area contributed by atoms with Crippen LogP contribution in [-0.2, 0) is 19.9 Å². The zero-order valence-corrected chi connectivity index (χ0v) is 17.1. The number of pyridine rings is 1. The smallest absolute Gasteiger partial charge is 0.240 e. The first-order valence-corrected chi connectivity index (χ1v) is 11.7. The van der Waals surface area contributed by atoms with E-state index >= 15 is 0 Å². The number of aliphatic imine (C=N–C) groups is 1. The zero-order valence-electron chi connectivity index (χ0n) is 15.5. The third kappa shape index (κ3) is 4.22. The molecule has 160 valence electrons. The predicted octanol–water partition coefficient (Wildman–Crippen LogP) is -0.759. The van der Waals surface area contributed by atoms with Crippen LogP contribution in [0.3, 0.4) is 0 Å². The highest BCUT2D eigenvalue weighted by Crippen LogP contribution is 2.36. The molecule has 0 bridgehead atoms. The van der Waals surface area contributed by atoms with Crippen LogP contribution >= 0.6 is 0 Å². The SMILES string of the molecule is NC[C@@H](O)CS(=O)(=O)c1ccc(-c2cccnc2N)c(C2=NCN=N2)c1S(N)(=O)=O. The summed E-state index contributed by atoms with van der Waals surface area (Å²) in [5, 5.41) is 22.7. The van der Waals surface area contributed by atoms with E-state index in [9.17, 15) is 21.9 Å². The fraction of sp³-hybridized carbons (Fsp3) is 0.250. The average Bonchev–Trinajstić information content (AvgIpc) is 3.20. The van der Waals surface area contributed by atoms with Crippen molar-refractivity contribution >= 4 is 31.5 Å². The first-order chi connectivity index (χ1) is 14.1. The van der Waals surface area contributed by atoms with E-state index in [1.165, 1.54) is 12.3 Å². The molecule has 1 atom stereocenters. The van der Waals surface area contributed by atoms with E-state index in [4.69, 9.17) is 16.6 Å². The molecule has 1 aliphatic rings. The predicted molar refractivity (Wildman–Crippen MR) is 109 cm³/mol. The summed E-state index contributed by atoms with van der Waals surface area (Å²) in [5.74, 6) is -0.842. The number of nitrogens with two attached hydrogens (primary N) is 3. The quantitative estimate of drug-likeness (QED) is 0.416. The Kier molecular flexibility index (Phi) is 5.96. The molecule has 0 saturated heterocycles. The number of sulfone groups is 1. The summed E-state index contributed by atoms with van der Waals surface area (Å²) >= 11 is 0. The van der Waals surface area contributed by atoms with Crippen LogP contribution in [0.4, 0.5) is 5.82 Å². The van der Waals surface area contributed by atoms with Gasteiger partial charge in [0.1, 0.15) is 10.7 Å². The Morgan fingerprint density at radius 1 is 1.13 bits per heavy atom. The molecule has 0 radical (unpaired) electrons. The van der Waals surface area contributed by atoms with Crippen LogP contribution in [0.25, 0.3) is 11.1 Å². The van der Waals surface area contributed by atoms with Crippen LogP contribution in [0.1, 0.15) is 5.56 Å². The number of anilines is 1. The van der Waals surface area contributed by atoms with Crippen molar-refractivity contribution in [2.24, 2.45) is 26.1 Å². The van der Waals surface area contributed by atoms with Gasteiger partial charge in [0.15, 0.2) is 22.3 Å². The van der Waals surface area contributed by atoms with E-state index < -0.39 is 41.5 Å². The van der Waals surface area contributed by atoms with Crippen molar-refractivity contribution in [2.75, 3.05) is 24.7 Å². The molecule has 7 N–H and O–H groups in total. The Morgan fingerprint density at radius 2 is 1.87 bits per heavy atom. The normalized spacial score (nSPS) is 15.2. The molecule has 14 heteroatoms. The van der Waals surface area contributed by atoms with Gasteiger partial charge < -0.3 is 16.6 Å². The number of amidine groups is 1. The van der Waals surface area contributed by atoms with E-state index in [2.05, 4.69) is 20.2 Å². The van der Waals surface area contributed by atoms with Crippen molar-refractivity contribution in [3.05, 3.63) is 36.0 Å². The van der Waals surface area contributed by atoms with Crippen LogP contribution in [0.2, 0.25) is 0 Å².